The molecule has 0 spiro atoms. The minimum absolute atomic E-state index is 0.0338. The standard InChI is InChI=1S/C21H24FNO4S/c1-27-17-8-4-7-16(12-17)21(24)11-5-6-15-13-23(14-18(15)21)28(25,26)20-10-3-2-9-19(20)22/h2-4,7-10,12,15,18,24H,5-6,11,13-14H2,1H3/t15-,18-,21-/m1/s1. The van der Waals surface area contributed by atoms with Crippen LogP contribution in [0.4, 0.5) is 4.39 Å². The lowest BCUT2D eigenvalue weighted by molar-refractivity contribution is -0.0641. The van der Waals surface area contributed by atoms with Crippen molar-refractivity contribution in [3.63, 3.8) is 0 Å². The van der Waals surface area contributed by atoms with Crippen molar-refractivity contribution in [3.8, 4) is 5.75 Å². The summed E-state index contributed by atoms with van der Waals surface area (Å²) in [6.07, 6.45) is 2.22. The second-order valence-electron chi connectivity index (χ2n) is 7.67. The zero-order valence-electron chi connectivity index (χ0n) is 15.7. The van der Waals surface area contributed by atoms with Crippen LogP contribution in [0.15, 0.2) is 53.4 Å². The van der Waals surface area contributed by atoms with Crippen LogP contribution in [0.25, 0.3) is 0 Å². The Hall–Kier alpha value is -1.96. The summed E-state index contributed by atoms with van der Waals surface area (Å²) in [7, 11) is -2.38. The largest absolute Gasteiger partial charge is 0.497 e. The molecule has 7 heteroatoms. The first-order chi connectivity index (χ1) is 13.4. The van der Waals surface area contributed by atoms with Crippen LogP contribution in [0, 0.1) is 17.7 Å². The van der Waals surface area contributed by atoms with Gasteiger partial charge >= 0.3 is 0 Å². The molecule has 1 aliphatic heterocycles. The number of nitrogens with zero attached hydrogens (tertiary/aromatic N) is 1. The summed E-state index contributed by atoms with van der Waals surface area (Å²) in [5, 5.41) is 11.6. The van der Waals surface area contributed by atoms with E-state index in [0.717, 1.165) is 24.5 Å². The van der Waals surface area contributed by atoms with E-state index < -0.39 is 21.4 Å². The number of ether oxygens (including phenoxy) is 1. The van der Waals surface area contributed by atoms with Crippen molar-refractivity contribution in [3.05, 3.63) is 59.9 Å². The highest BCUT2D eigenvalue weighted by molar-refractivity contribution is 7.89. The minimum Gasteiger partial charge on any atom is -0.497 e. The zero-order valence-corrected chi connectivity index (χ0v) is 16.5. The number of halogens is 1. The van der Waals surface area contributed by atoms with E-state index in [1.54, 1.807) is 7.11 Å². The van der Waals surface area contributed by atoms with Gasteiger partial charge in [0.1, 0.15) is 16.5 Å². The highest BCUT2D eigenvalue weighted by Crippen LogP contribution is 2.49. The molecule has 0 amide bonds. The van der Waals surface area contributed by atoms with Gasteiger partial charge in [0.2, 0.25) is 10.0 Å². The summed E-state index contributed by atoms with van der Waals surface area (Å²) in [6, 6.07) is 12.8. The third-order valence-electron chi connectivity index (χ3n) is 6.18. The summed E-state index contributed by atoms with van der Waals surface area (Å²) in [6.45, 7) is 0.475. The molecule has 2 fully saturated rings. The molecule has 1 N–H and O–H groups in total. The summed E-state index contributed by atoms with van der Waals surface area (Å²) in [5.41, 5.74) is -0.386. The first-order valence-corrected chi connectivity index (χ1v) is 10.9. The quantitative estimate of drug-likeness (QED) is 0.849. The maximum absolute atomic E-state index is 14.1. The Bertz CT molecular complexity index is 980. The Balaban J connectivity index is 1.67. The van der Waals surface area contributed by atoms with Crippen molar-refractivity contribution >= 4 is 10.0 Å². The van der Waals surface area contributed by atoms with Crippen LogP contribution in [-0.2, 0) is 15.6 Å². The van der Waals surface area contributed by atoms with Crippen LogP contribution >= 0.6 is 0 Å². The number of hydrogen-bond donors (Lipinski definition) is 1. The number of benzene rings is 2. The topological polar surface area (TPSA) is 66.8 Å². The molecule has 2 aromatic carbocycles. The molecule has 1 aliphatic carbocycles. The van der Waals surface area contributed by atoms with E-state index in [1.807, 2.05) is 24.3 Å². The number of aliphatic hydroxyl groups is 1. The van der Waals surface area contributed by atoms with Gasteiger partial charge in [-0.15, -0.1) is 0 Å². The van der Waals surface area contributed by atoms with Gasteiger partial charge in [0.15, 0.2) is 0 Å². The lowest BCUT2D eigenvalue weighted by Crippen LogP contribution is -2.43. The minimum atomic E-state index is -3.95. The Morgan fingerprint density at radius 2 is 1.96 bits per heavy atom. The van der Waals surface area contributed by atoms with E-state index in [9.17, 15) is 17.9 Å². The molecule has 1 saturated carbocycles. The molecule has 1 saturated heterocycles. The molecule has 2 aliphatic rings. The van der Waals surface area contributed by atoms with Crippen LogP contribution in [-0.4, -0.2) is 38.0 Å². The molecule has 0 bridgehead atoms. The summed E-state index contributed by atoms with van der Waals surface area (Å²) in [5.74, 6) is -0.302. The van der Waals surface area contributed by atoms with Gasteiger partial charge < -0.3 is 9.84 Å². The summed E-state index contributed by atoms with van der Waals surface area (Å²) in [4.78, 5) is -0.307. The molecule has 4 rings (SSSR count). The Kier molecular flexibility index (Phi) is 4.93. The van der Waals surface area contributed by atoms with Crippen molar-refractivity contribution in [2.24, 2.45) is 11.8 Å². The SMILES string of the molecule is COc1cccc([C@]2(O)CCC[C@@H]3CN(S(=O)(=O)c4ccccc4F)C[C@H]32)c1. The molecule has 150 valence electrons. The number of sulfonamides is 1. The zero-order chi connectivity index (χ0) is 19.9. The van der Waals surface area contributed by atoms with Crippen molar-refractivity contribution in [2.75, 3.05) is 20.2 Å². The van der Waals surface area contributed by atoms with Crippen LogP contribution in [0.5, 0.6) is 5.75 Å². The van der Waals surface area contributed by atoms with E-state index >= 15 is 0 Å². The van der Waals surface area contributed by atoms with Gasteiger partial charge in [0.25, 0.3) is 0 Å². The normalized spacial score (nSPS) is 28.1. The van der Waals surface area contributed by atoms with Crippen molar-refractivity contribution < 1.29 is 22.7 Å². The maximum atomic E-state index is 14.1. The summed E-state index contributed by atoms with van der Waals surface area (Å²) >= 11 is 0. The van der Waals surface area contributed by atoms with Gasteiger partial charge in [-0.25, -0.2) is 12.8 Å². The van der Waals surface area contributed by atoms with Crippen LogP contribution in [0.3, 0.4) is 0 Å². The molecule has 0 radical (unpaired) electrons. The fourth-order valence-electron chi connectivity index (χ4n) is 4.72. The molecule has 0 unspecified atom stereocenters. The number of methoxy groups -OCH3 is 1. The van der Waals surface area contributed by atoms with Crippen LogP contribution < -0.4 is 4.74 Å². The molecular formula is C21H24FNO4S. The van der Waals surface area contributed by atoms with E-state index in [1.165, 1.54) is 22.5 Å². The molecule has 1 heterocycles. The summed E-state index contributed by atoms with van der Waals surface area (Å²) < 4.78 is 46.8. The average Bonchev–Trinajstić information content (AvgIpc) is 3.15. The molecule has 28 heavy (non-hydrogen) atoms. The third-order valence-corrected chi connectivity index (χ3v) is 8.04. The van der Waals surface area contributed by atoms with E-state index in [4.69, 9.17) is 4.74 Å². The first kappa shape index (κ1) is 19.4. The smallest absolute Gasteiger partial charge is 0.246 e. The monoisotopic (exact) mass is 405 g/mol. The van der Waals surface area contributed by atoms with Gasteiger partial charge in [-0.3, -0.25) is 0 Å². The third kappa shape index (κ3) is 3.11. The van der Waals surface area contributed by atoms with E-state index in [-0.39, 0.29) is 23.3 Å². The predicted molar refractivity (Wildman–Crippen MR) is 103 cm³/mol. The van der Waals surface area contributed by atoms with Gasteiger partial charge in [-0.05, 0) is 55.0 Å². The lowest BCUT2D eigenvalue weighted by atomic mass is 9.67. The first-order valence-electron chi connectivity index (χ1n) is 9.48. The van der Waals surface area contributed by atoms with Crippen molar-refractivity contribution in [2.45, 2.75) is 29.8 Å². The lowest BCUT2D eigenvalue weighted by Gasteiger charge is -2.41. The fourth-order valence-corrected chi connectivity index (χ4v) is 6.31. The maximum Gasteiger partial charge on any atom is 0.246 e. The van der Waals surface area contributed by atoms with Crippen LogP contribution in [0.1, 0.15) is 24.8 Å². The number of rotatable bonds is 4. The van der Waals surface area contributed by atoms with Gasteiger partial charge in [0.05, 0.1) is 12.7 Å². The van der Waals surface area contributed by atoms with Gasteiger partial charge in [0, 0.05) is 19.0 Å². The highest BCUT2D eigenvalue weighted by Gasteiger charge is 2.52. The molecule has 2 aromatic rings. The Labute approximate surface area is 164 Å². The molecular weight excluding hydrogens is 381 g/mol. The fraction of sp³-hybridized carbons (Fsp3) is 0.429. The van der Waals surface area contributed by atoms with Crippen molar-refractivity contribution in [1.29, 1.82) is 0 Å². The van der Waals surface area contributed by atoms with Crippen LogP contribution in [0.2, 0.25) is 0 Å². The molecule has 0 aromatic heterocycles. The second kappa shape index (κ2) is 7.13. The average molecular weight is 405 g/mol. The number of fused-ring (bicyclic) bond motifs is 1. The molecule has 3 atom stereocenters. The van der Waals surface area contributed by atoms with Crippen molar-refractivity contribution in [1.82, 2.24) is 4.31 Å². The highest BCUT2D eigenvalue weighted by atomic mass is 32.2. The van der Waals surface area contributed by atoms with Gasteiger partial charge in [-0.1, -0.05) is 24.3 Å². The van der Waals surface area contributed by atoms with E-state index in [2.05, 4.69) is 0 Å². The van der Waals surface area contributed by atoms with Gasteiger partial charge in [-0.2, -0.15) is 4.31 Å². The number of hydrogen-bond acceptors (Lipinski definition) is 4. The second-order valence-corrected chi connectivity index (χ2v) is 9.57. The predicted octanol–water partition coefficient (Wildman–Crippen LogP) is 3.14. The molecule has 5 nitrogen and oxygen atoms in total. The van der Waals surface area contributed by atoms with E-state index in [0.29, 0.717) is 18.7 Å². The Morgan fingerprint density at radius 3 is 2.71 bits per heavy atom. The Morgan fingerprint density at radius 1 is 1.18 bits per heavy atom.